The van der Waals surface area contributed by atoms with Crippen molar-refractivity contribution in [1.29, 1.82) is 0 Å². The number of rotatable bonds is 9. The lowest BCUT2D eigenvalue weighted by atomic mass is 10.2. The lowest BCUT2D eigenvalue weighted by Crippen LogP contribution is -2.23. The molecule has 1 aromatic rings. The van der Waals surface area contributed by atoms with Gasteiger partial charge in [-0.2, -0.15) is 0 Å². The maximum absolute atomic E-state index is 8.61. The number of hydrogen-bond acceptors (Lipinski definition) is 4. The van der Waals surface area contributed by atoms with Crippen molar-refractivity contribution >= 4 is 5.69 Å². The minimum atomic E-state index is 0.0862. The molecule has 0 aliphatic carbocycles. The fourth-order valence-electron chi connectivity index (χ4n) is 1.63. The van der Waals surface area contributed by atoms with Crippen LogP contribution in [0.2, 0.25) is 0 Å². The van der Waals surface area contributed by atoms with E-state index in [-0.39, 0.29) is 6.61 Å². The molecular weight excluding hydrogens is 228 g/mol. The Morgan fingerprint density at radius 1 is 1.22 bits per heavy atom. The lowest BCUT2D eigenvalue weighted by molar-refractivity contribution is 0.0971. The van der Waals surface area contributed by atoms with Crippen LogP contribution < -0.4 is 10.2 Å². The van der Waals surface area contributed by atoms with Crippen LogP contribution in [0.15, 0.2) is 24.3 Å². The summed E-state index contributed by atoms with van der Waals surface area (Å²) in [4.78, 5) is 2.15. The minimum Gasteiger partial charge on any atom is -0.394 e. The maximum atomic E-state index is 8.61. The Balaban J connectivity index is 2.36. The first-order chi connectivity index (χ1) is 8.77. The number of aliphatic hydroxyl groups is 1. The molecule has 0 heterocycles. The zero-order valence-electron chi connectivity index (χ0n) is 11.4. The van der Waals surface area contributed by atoms with Gasteiger partial charge in [0.15, 0.2) is 0 Å². The van der Waals surface area contributed by atoms with Gasteiger partial charge in [-0.05, 0) is 24.2 Å². The molecule has 0 bridgehead atoms. The highest BCUT2D eigenvalue weighted by molar-refractivity contribution is 5.46. The molecule has 18 heavy (non-hydrogen) atoms. The summed E-state index contributed by atoms with van der Waals surface area (Å²) in [6, 6.07) is 8.53. The van der Waals surface area contributed by atoms with Gasteiger partial charge in [-0.25, -0.2) is 0 Å². The average Bonchev–Trinajstić information content (AvgIpc) is 2.41. The molecule has 0 fully saturated rings. The molecule has 0 saturated heterocycles. The molecule has 0 amide bonds. The van der Waals surface area contributed by atoms with E-state index in [1.54, 1.807) is 0 Å². The summed E-state index contributed by atoms with van der Waals surface area (Å²) in [5, 5.41) is 11.9. The van der Waals surface area contributed by atoms with Crippen molar-refractivity contribution in [1.82, 2.24) is 5.32 Å². The summed E-state index contributed by atoms with van der Waals surface area (Å²) < 4.78 is 5.25. The number of likely N-dealkylation sites (N-methyl/N-ethyl adjacent to an activating group) is 1. The molecule has 0 radical (unpaired) electrons. The number of ether oxygens (including phenoxy) is 1. The monoisotopic (exact) mass is 252 g/mol. The minimum absolute atomic E-state index is 0.0862. The Hall–Kier alpha value is -1.10. The fourth-order valence-corrected chi connectivity index (χ4v) is 1.63. The molecule has 0 spiro atoms. The van der Waals surface area contributed by atoms with Crippen molar-refractivity contribution in [2.24, 2.45) is 0 Å². The molecule has 0 aliphatic rings. The van der Waals surface area contributed by atoms with Crippen LogP contribution >= 0.6 is 0 Å². The van der Waals surface area contributed by atoms with Gasteiger partial charge in [-0.15, -0.1) is 0 Å². The first-order valence-corrected chi connectivity index (χ1v) is 6.47. The predicted octanol–water partition coefficient (Wildman–Crippen LogP) is 1.24. The van der Waals surface area contributed by atoms with Crippen LogP contribution in [0.3, 0.4) is 0 Å². The molecule has 0 atom stereocenters. The van der Waals surface area contributed by atoms with Crippen molar-refractivity contribution in [2.45, 2.75) is 13.5 Å². The highest BCUT2D eigenvalue weighted by Gasteiger charge is 2.00. The quantitative estimate of drug-likeness (QED) is 0.649. The maximum Gasteiger partial charge on any atom is 0.0698 e. The summed E-state index contributed by atoms with van der Waals surface area (Å²) in [5.41, 5.74) is 2.48. The number of hydrogen-bond donors (Lipinski definition) is 2. The van der Waals surface area contributed by atoms with Crippen molar-refractivity contribution in [2.75, 3.05) is 44.9 Å². The summed E-state index contributed by atoms with van der Waals surface area (Å²) in [6.45, 7) is 5.97. The highest BCUT2D eigenvalue weighted by Crippen LogP contribution is 2.13. The Morgan fingerprint density at radius 2 is 1.94 bits per heavy atom. The van der Waals surface area contributed by atoms with Gasteiger partial charge in [0, 0.05) is 25.8 Å². The van der Waals surface area contributed by atoms with E-state index in [1.807, 2.05) is 7.05 Å². The molecule has 1 rings (SSSR count). The third-order valence-corrected chi connectivity index (χ3v) is 2.76. The van der Waals surface area contributed by atoms with E-state index < -0.39 is 0 Å². The van der Waals surface area contributed by atoms with Crippen LogP contribution in [0.4, 0.5) is 5.69 Å². The standard InChI is InChI=1S/C14H24N2O2/c1-3-15-12-13-4-6-14(7-5-13)16(2)8-10-18-11-9-17/h4-7,15,17H,3,8-12H2,1-2H3. The normalized spacial score (nSPS) is 10.6. The third-order valence-electron chi connectivity index (χ3n) is 2.76. The van der Waals surface area contributed by atoms with Gasteiger partial charge in [-0.1, -0.05) is 19.1 Å². The largest absolute Gasteiger partial charge is 0.394 e. The van der Waals surface area contributed by atoms with Crippen molar-refractivity contribution in [3.8, 4) is 0 Å². The molecular formula is C14H24N2O2. The van der Waals surface area contributed by atoms with E-state index in [2.05, 4.69) is 41.4 Å². The summed E-state index contributed by atoms with van der Waals surface area (Å²) >= 11 is 0. The van der Waals surface area contributed by atoms with Gasteiger partial charge in [-0.3, -0.25) is 0 Å². The van der Waals surface area contributed by atoms with Crippen molar-refractivity contribution < 1.29 is 9.84 Å². The lowest BCUT2D eigenvalue weighted by Gasteiger charge is -2.19. The van der Waals surface area contributed by atoms with Crippen LogP contribution in [0.5, 0.6) is 0 Å². The molecule has 0 unspecified atom stereocenters. The second-order valence-corrected chi connectivity index (χ2v) is 4.20. The zero-order chi connectivity index (χ0) is 13.2. The van der Waals surface area contributed by atoms with Crippen molar-refractivity contribution in [3.63, 3.8) is 0 Å². The van der Waals surface area contributed by atoms with E-state index >= 15 is 0 Å². The predicted molar refractivity (Wildman–Crippen MR) is 75.0 cm³/mol. The van der Waals surface area contributed by atoms with E-state index in [0.717, 1.165) is 19.6 Å². The average molecular weight is 252 g/mol. The zero-order valence-corrected chi connectivity index (χ0v) is 11.4. The van der Waals surface area contributed by atoms with Gasteiger partial charge in [0.2, 0.25) is 0 Å². The number of nitrogens with one attached hydrogen (secondary N) is 1. The molecule has 102 valence electrons. The van der Waals surface area contributed by atoms with Gasteiger partial charge in [0.25, 0.3) is 0 Å². The van der Waals surface area contributed by atoms with E-state index in [0.29, 0.717) is 13.2 Å². The summed E-state index contributed by atoms with van der Waals surface area (Å²) in [6.07, 6.45) is 0. The van der Waals surface area contributed by atoms with Crippen LogP contribution in [0.25, 0.3) is 0 Å². The Kier molecular flexibility index (Phi) is 7.41. The summed E-state index contributed by atoms with van der Waals surface area (Å²) in [7, 11) is 2.04. The molecule has 4 nitrogen and oxygen atoms in total. The second kappa shape index (κ2) is 8.91. The first-order valence-electron chi connectivity index (χ1n) is 6.47. The Morgan fingerprint density at radius 3 is 2.56 bits per heavy atom. The van der Waals surface area contributed by atoms with Crippen LogP contribution in [0, 0.1) is 0 Å². The van der Waals surface area contributed by atoms with E-state index in [9.17, 15) is 0 Å². The number of benzene rings is 1. The second-order valence-electron chi connectivity index (χ2n) is 4.20. The highest BCUT2D eigenvalue weighted by atomic mass is 16.5. The summed E-state index contributed by atoms with van der Waals surface area (Å²) in [5.74, 6) is 0. The smallest absolute Gasteiger partial charge is 0.0698 e. The Labute approximate surface area is 110 Å². The third kappa shape index (κ3) is 5.49. The van der Waals surface area contributed by atoms with Crippen LogP contribution in [-0.2, 0) is 11.3 Å². The van der Waals surface area contributed by atoms with Crippen molar-refractivity contribution in [3.05, 3.63) is 29.8 Å². The van der Waals surface area contributed by atoms with E-state index in [1.165, 1.54) is 11.3 Å². The number of aliphatic hydroxyl groups excluding tert-OH is 1. The molecule has 2 N–H and O–H groups in total. The SMILES string of the molecule is CCNCc1ccc(N(C)CCOCCO)cc1. The molecule has 0 aromatic heterocycles. The van der Waals surface area contributed by atoms with Gasteiger partial charge in [0.05, 0.1) is 19.8 Å². The van der Waals surface area contributed by atoms with Gasteiger partial charge >= 0.3 is 0 Å². The van der Waals surface area contributed by atoms with Gasteiger partial charge in [0.1, 0.15) is 0 Å². The fraction of sp³-hybridized carbons (Fsp3) is 0.571. The molecule has 0 aliphatic heterocycles. The Bertz CT molecular complexity index is 314. The van der Waals surface area contributed by atoms with Crippen LogP contribution in [0.1, 0.15) is 12.5 Å². The topological polar surface area (TPSA) is 44.7 Å². The molecule has 0 saturated carbocycles. The molecule has 4 heteroatoms. The molecule has 1 aromatic carbocycles. The number of anilines is 1. The number of nitrogens with zero attached hydrogens (tertiary/aromatic N) is 1. The first kappa shape index (κ1) is 15.0. The van der Waals surface area contributed by atoms with E-state index in [4.69, 9.17) is 9.84 Å². The van der Waals surface area contributed by atoms with Crippen LogP contribution in [-0.4, -0.2) is 45.1 Å². The van der Waals surface area contributed by atoms with Gasteiger partial charge < -0.3 is 20.1 Å².